The standard InChI is InChI=1S/C24H23N3O5S2/c1-14-20(23(29)27(25(14)2)16-9-7-6-8-10-16)26-22(28)19(34-24(26)33)13-15-11-17(30-3)21(32-5)18(12-15)31-4/h6-13H,1-5H3. The van der Waals surface area contributed by atoms with Gasteiger partial charge in [0.25, 0.3) is 11.5 Å². The molecule has 1 fully saturated rings. The summed E-state index contributed by atoms with van der Waals surface area (Å²) in [7, 11) is 6.35. The van der Waals surface area contributed by atoms with E-state index in [1.807, 2.05) is 30.3 Å². The van der Waals surface area contributed by atoms with E-state index in [0.29, 0.717) is 39.1 Å². The molecule has 3 aromatic rings. The second-order valence-corrected chi connectivity index (χ2v) is 9.06. The Morgan fingerprint density at radius 2 is 1.59 bits per heavy atom. The SMILES string of the molecule is COc1cc(C=C2SC(=S)N(c3c(C)n(C)n(-c4ccccc4)c3=O)C2=O)cc(OC)c1OC. The van der Waals surface area contributed by atoms with Crippen LogP contribution in [0, 0.1) is 6.92 Å². The highest BCUT2D eigenvalue weighted by Gasteiger charge is 2.37. The number of carbonyl (C=O) groups is 1. The van der Waals surface area contributed by atoms with Gasteiger partial charge in [-0.2, -0.15) is 0 Å². The van der Waals surface area contributed by atoms with Crippen molar-refractivity contribution in [1.29, 1.82) is 0 Å². The molecule has 1 aliphatic rings. The van der Waals surface area contributed by atoms with Crippen LogP contribution in [0.2, 0.25) is 0 Å². The first-order chi connectivity index (χ1) is 16.3. The molecule has 10 heteroatoms. The van der Waals surface area contributed by atoms with Gasteiger partial charge in [-0.15, -0.1) is 0 Å². The number of nitrogens with zero attached hydrogens (tertiary/aromatic N) is 3. The maximum absolute atomic E-state index is 13.4. The van der Waals surface area contributed by atoms with Gasteiger partial charge in [0.2, 0.25) is 5.75 Å². The molecule has 0 unspecified atom stereocenters. The van der Waals surface area contributed by atoms with Gasteiger partial charge in [-0.1, -0.05) is 42.2 Å². The smallest absolute Gasteiger partial charge is 0.296 e. The first-order valence-electron chi connectivity index (χ1n) is 10.2. The van der Waals surface area contributed by atoms with Gasteiger partial charge in [-0.3, -0.25) is 19.2 Å². The van der Waals surface area contributed by atoms with Crippen LogP contribution in [0.15, 0.2) is 52.2 Å². The van der Waals surface area contributed by atoms with Crippen LogP contribution in [-0.4, -0.2) is 40.9 Å². The van der Waals surface area contributed by atoms with E-state index in [1.165, 1.54) is 30.9 Å². The van der Waals surface area contributed by atoms with Gasteiger partial charge in [-0.05, 0) is 42.8 Å². The van der Waals surface area contributed by atoms with Crippen LogP contribution in [0.3, 0.4) is 0 Å². The number of thiocarbonyl (C=S) groups is 1. The van der Waals surface area contributed by atoms with Crippen molar-refractivity contribution in [3.8, 4) is 22.9 Å². The normalized spacial score (nSPS) is 14.7. The molecule has 34 heavy (non-hydrogen) atoms. The van der Waals surface area contributed by atoms with Crippen molar-refractivity contribution in [1.82, 2.24) is 9.36 Å². The van der Waals surface area contributed by atoms with Crippen LogP contribution in [0.1, 0.15) is 11.3 Å². The highest BCUT2D eigenvalue weighted by Crippen LogP contribution is 2.41. The maximum Gasteiger partial charge on any atom is 0.296 e. The quantitative estimate of drug-likeness (QED) is 0.378. The Balaban J connectivity index is 1.77. The Bertz CT molecular complexity index is 1350. The summed E-state index contributed by atoms with van der Waals surface area (Å²) in [6.07, 6.45) is 1.69. The molecule has 0 bridgehead atoms. The predicted molar refractivity (Wildman–Crippen MR) is 137 cm³/mol. The summed E-state index contributed by atoms with van der Waals surface area (Å²) >= 11 is 6.65. The highest BCUT2D eigenvalue weighted by atomic mass is 32.2. The molecule has 8 nitrogen and oxygen atoms in total. The van der Waals surface area contributed by atoms with Gasteiger partial charge in [0.1, 0.15) is 5.69 Å². The third-order valence-electron chi connectivity index (χ3n) is 5.53. The molecular weight excluding hydrogens is 474 g/mol. The average molecular weight is 498 g/mol. The fourth-order valence-electron chi connectivity index (χ4n) is 3.81. The van der Waals surface area contributed by atoms with Crippen molar-refractivity contribution >= 4 is 46.0 Å². The van der Waals surface area contributed by atoms with Crippen molar-refractivity contribution in [2.24, 2.45) is 7.05 Å². The number of carbonyl (C=O) groups excluding carboxylic acids is 1. The summed E-state index contributed by atoms with van der Waals surface area (Å²) < 4.78 is 19.7. The van der Waals surface area contributed by atoms with Gasteiger partial charge in [0.15, 0.2) is 15.8 Å². The number of thioether (sulfide) groups is 1. The van der Waals surface area contributed by atoms with E-state index in [1.54, 1.807) is 36.9 Å². The lowest BCUT2D eigenvalue weighted by atomic mass is 10.1. The third kappa shape index (κ3) is 3.88. The zero-order valence-corrected chi connectivity index (χ0v) is 21.0. The second-order valence-electron chi connectivity index (χ2n) is 7.39. The largest absolute Gasteiger partial charge is 0.493 e. The number of ether oxygens (including phenoxy) is 3. The maximum atomic E-state index is 13.4. The van der Waals surface area contributed by atoms with Crippen molar-refractivity contribution in [2.45, 2.75) is 6.92 Å². The molecule has 0 aliphatic carbocycles. The number of para-hydroxylation sites is 1. The molecule has 0 radical (unpaired) electrons. The first kappa shape index (κ1) is 23.7. The second kappa shape index (κ2) is 9.40. The number of hydrogen-bond donors (Lipinski definition) is 0. The molecule has 0 N–H and O–H groups in total. The van der Waals surface area contributed by atoms with Crippen LogP contribution in [0.4, 0.5) is 5.69 Å². The van der Waals surface area contributed by atoms with Gasteiger partial charge in [0.05, 0.1) is 37.6 Å². The molecule has 0 saturated carbocycles. The number of benzene rings is 2. The molecule has 2 heterocycles. The van der Waals surface area contributed by atoms with Gasteiger partial charge in [0, 0.05) is 7.05 Å². The van der Waals surface area contributed by atoms with Gasteiger partial charge < -0.3 is 14.2 Å². The molecule has 1 amide bonds. The van der Waals surface area contributed by atoms with Crippen molar-refractivity contribution in [3.05, 3.63) is 69.0 Å². The Morgan fingerprint density at radius 3 is 2.15 bits per heavy atom. The number of hydrogen-bond acceptors (Lipinski definition) is 7. The Labute approximate surface area is 206 Å². The minimum Gasteiger partial charge on any atom is -0.493 e. The summed E-state index contributed by atoms with van der Waals surface area (Å²) in [6, 6.07) is 12.7. The topological polar surface area (TPSA) is 74.9 Å². The fourth-order valence-corrected chi connectivity index (χ4v) is 5.08. The summed E-state index contributed by atoms with van der Waals surface area (Å²) in [4.78, 5) is 28.5. The lowest BCUT2D eigenvalue weighted by Crippen LogP contribution is -2.33. The minimum atomic E-state index is -0.366. The Hall–Kier alpha value is -3.50. The van der Waals surface area contributed by atoms with Gasteiger partial charge >= 0.3 is 0 Å². The predicted octanol–water partition coefficient (Wildman–Crippen LogP) is 3.92. The number of amides is 1. The minimum absolute atomic E-state index is 0.238. The average Bonchev–Trinajstić information content (AvgIpc) is 3.23. The molecule has 0 spiro atoms. The van der Waals surface area contributed by atoms with E-state index >= 15 is 0 Å². The lowest BCUT2D eigenvalue weighted by molar-refractivity contribution is -0.113. The highest BCUT2D eigenvalue weighted by molar-refractivity contribution is 8.27. The van der Waals surface area contributed by atoms with E-state index < -0.39 is 0 Å². The van der Waals surface area contributed by atoms with Crippen molar-refractivity contribution < 1.29 is 19.0 Å². The number of anilines is 1. The van der Waals surface area contributed by atoms with E-state index in [9.17, 15) is 9.59 Å². The van der Waals surface area contributed by atoms with E-state index in [2.05, 4.69) is 0 Å². The van der Waals surface area contributed by atoms with Gasteiger partial charge in [-0.25, -0.2) is 4.68 Å². The summed E-state index contributed by atoms with van der Waals surface area (Å²) in [5, 5.41) is 0. The van der Waals surface area contributed by atoms with Crippen molar-refractivity contribution in [2.75, 3.05) is 26.2 Å². The zero-order chi connectivity index (χ0) is 24.6. The number of rotatable bonds is 6. The van der Waals surface area contributed by atoms with Crippen LogP contribution >= 0.6 is 24.0 Å². The molecular formula is C24H23N3O5S2. The number of methoxy groups -OCH3 is 3. The summed E-state index contributed by atoms with van der Waals surface area (Å²) in [5.74, 6) is 1.02. The van der Waals surface area contributed by atoms with Crippen LogP contribution in [0.25, 0.3) is 11.8 Å². The molecule has 176 valence electrons. The van der Waals surface area contributed by atoms with Crippen molar-refractivity contribution in [3.63, 3.8) is 0 Å². The first-order valence-corrected chi connectivity index (χ1v) is 11.5. The molecule has 1 saturated heterocycles. The van der Waals surface area contributed by atoms with E-state index in [-0.39, 0.29) is 21.5 Å². The Kier molecular flexibility index (Phi) is 6.54. The van der Waals surface area contributed by atoms with E-state index in [0.717, 1.165) is 11.8 Å². The molecule has 4 rings (SSSR count). The van der Waals surface area contributed by atoms with Crippen LogP contribution in [0.5, 0.6) is 17.2 Å². The molecule has 1 aliphatic heterocycles. The zero-order valence-electron chi connectivity index (χ0n) is 19.3. The summed E-state index contributed by atoms with van der Waals surface area (Å²) in [6.45, 7) is 1.79. The molecule has 2 aromatic carbocycles. The monoisotopic (exact) mass is 497 g/mol. The van der Waals surface area contributed by atoms with Crippen LogP contribution < -0.4 is 24.7 Å². The third-order valence-corrected chi connectivity index (χ3v) is 6.83. The lowest BCUT2D eigenvalue weighted by Gasteiger charge is -2.13. The summed E-state index contributed by atoms with van der Waals surface area (Å²) in [5.41, 5.74) is 1.90. The van der Waals surface area contributed by atoms with Crippen LogP contribution in [-0.2, 0) is 11.8 Å². The number of aromatic nitrogens is 2. The molecule has 0 atom stereocenters. The molecule has 1 aromatic heterocycles. The Morgan fingerprint density at radius 1 is 0.971 bits per heavy atom. The fraction of sp³-hybridized carbons (Fsp3) is 0.208. The van der Waals surface area contributed by atoms with E-state index in [4.69, 9.17) is 26.4 Å².